The molecule has 20 heavy (non-hydrogen) atoms. The minimum atomic E-state index is -0.410. The minimum Gasteiger partial charge on any atom is -0.398 e. The third-order valence-electron chi connectivity index (χ3n) is 4.09. The normalized spacial score (nSPS) is 22.1. The molecule has 1 aliphatic rings. The maximum absolute atomic E-state index is 6.05. The van der Waals surface area contributed by atoms with Crippen molar-refractivity contribution in [2.75, 3.05) is 0 Å². The first-order valence-corrected chi connectivity index (χ1v) is 7.19. The van der Waals surface area contributed by atoms with Gasteiger partial charge in [0, 0.05) is 11.7 Å². The lowest BCUT2D eigenvalue weighted by Gasteiger charge is -2.32. The first-order chi connectivity index (χ1) is 9.10. The maximum Gasteiger partial charge on any atom is 0.514 e. The summed E-state index contributed by atoms with van der Waals surface area (Å²) in [7, 11) is -0.410. The van der Waals surface area contributed by atoms with Gasteiger partial charge in [-0.15, -0.1) is 0 Å². The van der Waals surface area contributed by atoms with Crippen LogP contribution in [0.15, 0.2) is 12.1 Å². The Morgan fingerprint density at radius 1 is 1.20 bits per heavy atom. The van der Waals surface area contributed by atoms with Gasteiger partial charge in [0.2, 0.25) is 0 Å². The summed E-state index contributed by atoms with van der Waals surface area (Å²) in [6, 6.07) is 4.24. The molecule has 2 heterocycles. The van der Waals surface area contributed by atoms with Crippen LogP contribution in [0.1, 0.15) is 45.9 Å². The van der Waals surface area contributed by atoms with Gasteiger partial charge in [-0.1, -0.05) is 0 Å². The standard InChI is InChI=1S/C15H25BN2O2/c1-10(17)7-12-8-11(2)18-13(9-12)16-19-14(3,4)15(5,6)20-16/h8-10H,7,17H2,1-6H3. The van der Waals surface area contributed by atoms with E-state index in [-0.39, 0.29) is 17.2 Å². The van der Waals surface area contributed by atoms with E-state index in [0.717, 1.165) is 17.7 Å². The van der Waals surface area contributed by atoms with Gasteiger partial charge in [0.1, 0.15) is 0 Å². The van der Waals surface area contributed by atoms with Crippen LogP contribution in [0.3, 0.4) is 0 Å². The first-order valence-electron chi connectivity index (χ1n) is 7.19. The highest BCUT2D eigenvalue weighted by molar-refractivity contribution is 6.61. The van der Waals surface area contributed by atoms with Crippen LogP contribution in [-0.4, -0.2) is 29.3 Å². The second-order valence-corrected chi connectivity index (χ2v) is 6.81. The predicted molar refractivity (Wildman–Crippen MR) is 82.0 cm³/mol. The smallest absolute Gasteiger partial charge is 0.398 e. The Kier molecular flexibility index (Phi) is 3.97. The SMILES string of the molecule is Cc1cc(CC(C)N)cc(B2OC(C)(C)C(C)(C)O2)n1. The molecule has 1 aliphatic heterocycles. The molecule has 1 aromatic rings. The Bertz CT molecular complexity index is 485. The summed E-state index contributed by atoms with van der Waals surface area (Å²) in [5, 5.41) is 0. The van der Waals surface area contributed by atoms with Crippen LogP contribution < -0.4 is 11.3 Å². The molecule has 1 unspecified atom stereocenters. The van der Waals surface area contributed by atoms with Gasteiger partial charge in [-0.25, -0.2) is 0 Å². The molecule has 1 aromatic heterocycles. The van der Waals surface area contributed by atoms with E-state index in [0.29, 0.717) is 0 Å². The Balaban J connectivity index is 2.28. The summed E-state index contributed by atoms with van der Waals surface area (Å²) in [5.41, 5.74) is 8.17. The van der Waals surface area contributed by atoms with E-state index in [9.17, 15) is 0 Å². The first kappa shape index (κ1) is 15.5. The van der Waals surface area contributed by atoms with Gasteiger partial charge in [-0.3, -0.25) is 4.98 Å². The van der Waals surface area contributed by atoms with Gasteiger partial charge < -0.3 is 15.0 Å². The topological polar surface area (TPSA) is 57.4 Å². The molecule has 5 heteroatoms. The van der Waals surface area contributed by atoms with Crippen molar-refractivity contribution < 1.29 is 9.31 Å². The Labute approximate surface area is 122 Å². The van der Waals surface area contributed by atoms with Gasteiger partial charge in [-0.2, -0.15) is 0 Å². The van der Waals surface area contributed by atoms with Crippen LogP contribution in [0.5, 0.6) is 0 Å². The van der Waals surface area contributed by atoms with Crippen molar-refractivity contribution in [1.29, 1.82) is 0 Å². The largest absolute Gasteiger partial charge is 0.514 e. The quantitative estimate of drug-likeness (QED) is 0.852. The number of pyridine rings is 1. The Morgan fingerprint density at radius 2 is 1.75 bits per heavy atom. The van der Waals surface area contributed by atoms with Crippen molar-refractivity contribution in [3.05, 3.63) is 23.4 Å². The highest BCUT2D eigenvalue weighted by Gasteiger charge is 2.52. The van der Waals surface area contributed by atoms with Gasteiger partial charge in [0.25, 0.3) is 0 Å². The maximum atomic E-state index is 6.05. The lowest BCUT2D eigenvalue weighted by molar-refractivity contribution is 0.00578. The summed E-state index contributed by atoms with van der Waals surface area (Å²) in [6.45, 7) is 12.2. The Hall–Kier alpha value is -0.905. The van der Waals surface area contributed by atoms with E-state index < -0.39 is 7.12 Å². The fraction of sp³-hybridized carbons (Fsp3) is 0.667. The molecule has 1 saturated heterocycles. The summed E-state index contributed by atoms with van der Waals surface area (Å²) in [6.07, 6.45) is 0.829. The average molecular weight is 276 g/mol. The van der Waals surface area contributed by atoms with E-state index in [1.807, 2.05) is 47.6 Å². The molecule has 0 aromatic carbocycles. The lowest BCUT2D eigenvalue weighted by atomic mass is 9.82. The van der Waals surface area contributed by atoms with E-state index in [1.54, 1.807) is 0 Å². The van der Waals surface area contributed by atoms with E-state index in [4.69, 9.17) is 15.0 Å². The number of hydrogen-bond acceptors (Lipinski definition) is 4. The van der Waals surface area contributed by atoms with Gasteiger partial charge >= 0.3 is 7.12 Å². The zero-order chi connectivity index (χ0) is 15.1. The number of aromatic nitrogens is 1. The lowest BCUT2D eigenvalue weighted by Crippen LogP contribution is -2.41. The molecule has 0 aliphatic carbocycles. The second-order valence-electron chi connectivity index (χ2n) is 6.81. The summed E-state index contributed by atoms with van der Waals surface area (Å²) in [4.78, 5) is 4.56. The molecule has 0 bridgehead atoms. The highest BCUT2D eigenvalue weighted by Crippen LogP contribution is 2.36. The molecule has 2 rings (SSSR count). The van der Waals surface area contributed by atoms with Crippen molar-refractivity contribution in [3.63, 3.8) is 0 Å². The van der Waals surface area contributed by atoms with Gasteiger partial charge in [0.05, 0.1) is 16.8 Å². The molecule has 110 valence electrons. The van der Waals surface area contributed by atoms with Crippen molar-refractivity contribution in [1.82, 2.24) is 4.98 Å². The zero-order valence-corrected chi connectivity index (χ0v) is 13.4. The molecule has 1 atom stereocenters. The number of rotatable bonds is 3. The average Bonchev–Trinajstić information content (AvgIpc) is 2.46. The molecule has 0 saturated carbocycles. The molecule has 1 fully saturated rings. The molecule has 0 spiro atoms. The van der Waals surface area contributed by atoms with Crippen LogP contribution in [0, 0.1) is 6.92 Å². The fourth-order valence-corrected chi connectivity index (χ4v) is 2.34. The summed E-state index contributed by atoms with van der Waals surface area (Å²) >= 11 is 0. The van der Waals surface area contributed by atoms with Crippen molar-refractivity contribution >= 4 is 12.7 Å². The van der Waals surface area contributed by atoms with Crippen LogP contribution in [0.2, 0.25) is 0 Å². The van der Waals surface area contributed by atoms with E-state index in [1.165, 1.54) is 5.56 Å². The zero-order valence-electron chi connectivity index (χ0n) is 13.4. The second kappa shape index (κ2) is 5.13. The number of aryl methyl sites for hydroxylation is 1. The summed E-state index contributed by atoms with van der Waals surface area (Å²) < 4.78 is 12.1. The van der Waals surface area contributed by atoms with Gasteiger partial charge in [-0.05, 0) is 65.7 Å². The van der Waals surface area contributed by atoms with Crippen molar-refractivity contribution in [3.8, 4) is 0 Å². The summed E-state index contributed by atoms with van der Waals surface area (Å²) in [5.74, 6) is 0. The van der Waals surface area contributed by atoms with Crippen LogP contribution in [0.4, 0.5) is 0 Å². The third kappa shape index (κ3) is 3.05. The monoisotopic (exact) mass is 276 g/mol. The number of nitrogens with two attached hydrogens (primary N) is 1. The molecule has 0 radical (unpaired) electrons. The van der Waals surface area contributed by atoms with Gasteiger partial charge in [0.15, 0.2) is 0 Å². The van der Waals surface area contributed by atoms with Crippen LogP contribution in [0.25, 0.3) is 0 Å². The molecule has 2 N–H and O–H groups in total. The number of hydrogen-bond donors (Lipinski definition) is 1. The molecular weight excluding hydrogens is 251 g/mol. The van der Waals surface area contributed by atoms with Crippen LogP contribution in [-0.2, 0) is 15.7 Å². The highest BCUT2D eigenvalue weighted by atomic mass is 16.7. The fourth-order valence-electron chi connectivity index (χ4n) is 2.34. The van der Waals surface area contributed by atoms with Crippen molar-refractivity contribution in [2.45, 2.75) is 65.2 Å². The Morgan fingerprint density at radius 3 is 2.25 bits per heavy atom. The molecular formula is C15H25BN2O2. The predicted octanol–water partition coefficient (Wildman–Crippen LogP) is 1.58. The third-order valence-corrected chi connectivity index (χ3v) is 4.09. The van der Waals surface area contributed by atoms with E-state index >= 15 is 0 Å². The van der Waals surface area contributed by atoms with Crippen LogP contribution >= 0.6 is 0 Å². The van der Waals surface area contributed by atoms with Crippen molar-refractivity contribution in [2.24, 2.45) is 5.73 Å². The number of nitrogens with zero attached hydrogens (tertiary/aromatic N) is 1. The van der Waals surface area contributed by atoms with E-state index in [2.05, 4.69) is 11.1 Å². The molecule has 0 amide bonds. The minimum absolute atomic E-state index is 0.128. The molecule has 4 nitrogen and oxygen atoms in total.